The maximum atomic E-state index is 12.8. The normalized spacial score (nSPS) is 15.3. The van der Waals surface area contributed by atoms with Crippen LogP contribution in [0.4, 0.5) is 10.8 Å². The standard InChI is InChI=1S/C16H19N7O2S/c1-2-23-14-11(8-19-23)13(20-10-3-5-25-6-4-10)12(7-17-14)15(24)21-16-22-18-9-26-16/h7-10H,2-6H2,1H3,(H,17,20)(H,21,22,24). The highest BCUT2D eigenvalue weighted by Crippen LogP contribution is 2.29. The zero-order valence-electron chi connectivity index (χ0n) is 14.3. The molecule has 1 amide bonds. The van der Waals surface area contributed by atoms with E-state index < -0.39 is 0 Å². The lowest BCUT2D eigenvalue weighted by molar-refractivity contribution is 0.0904. The Kier molecular flexibility index (Phi) is 4.76. The van der Waals surface area contributed by atoms with Crippen molar-refractivity contribution in [2.24, 2.45) is 0 Å². The van der Waals surface area contributed by atoms with E-state index in [1.165, 1.54) is 11.3 Å². The molecule has 3 aromatic heterocycles. The summed E-state index contributed by atoms with van der Waals surface area (Å²) in [7, 11) is 0. The molecule has 0 aliphatic carbocycles. The van der Waals surface area contributed by atoms with Crippen LogP contribution in [-0.2, 0) is 11.3 Å². The smallest absolute Gasteiger partial charge is 0.261 e. The van der Waals surface area contributed by atoms with Gasteiger partial charge in [-0.1, -0.05) is 11.3 Å². The van der Waals surface area contributed by atoms with Crippen molar-refractivity contribution in [1.29, 1.82) is 0 Å². The van der Waals surface area contributed by atoms with Crippen LogP contribution in [0.3, 0.4) is 0 Å². The summed E-state index contributed by atoms with van der Waals surface area (Å²) < 4.78 is 7.25. The molecule has 1 aliphatic heterocycles. The number of amides is 1. The number of hydrogen-bond donors (Lipinski definition) is 2. The van der Waals surface area contributed by atoms with Crippen LogP contribution in [0.1, 0.15) is 30.1 Å². The molecular weight excluding hydrogens is 354 g/mol. The van der Waals surface area contributed by atoms with Gasteiger partial charge >= 0.3 is 0 Å². The van der Waals surface area contributed by atoms with E-state index in [1.54, 1.807) is 17.9 Å². The van der Waals surface area contributed by atoms with Gasteiger partial charge in [0.15, 0.2) is 5.65 Å². The molecular formula is C16H19N7O2S. The number of fused-ring (bicyclic) bond motifs is 1. The first-order valence-electron chi connectivity index (χ1n) is 8.52. The summed E-state index contributed by atoms with van der Waals surface area (Å²) in [4.78, 5) is 17.2. The molecule has 2 N–H and O–H groups in total. The van der Waals surface area contributed by atoms with E-state index in [1.807, 2.05) is 11.6 Å². The molecule has 1 aliphatic rings. The van der Waals surface area contributed by atoms with Crippen molar-refractivity contribution < 1.29 is 9.53 Å². The summed E-state index contributed by atoms with van der Waals surface area (Å²) in [6, 6.07) is 0.243. The van der Waals surface area contributed by atoms with Crippen LogP contribution < -0.4 is 10.6 Å². The minimum Gasteiger partial charge on any atom is -0.381 e. The Morgan fingerprint density at radius 1 is 1.38 bits per heavy atom. The monoisotopic (exact) mass is 373 g/mol. The summed E-state index contributed by atoms with van der Waals surface area (Å²) in [5.74, 6) is -0.269. The van der Waals surface area contributed by atoms with Gasteiger partial charge in [-0.05, 0) is 19.8 Å². The Morgan fingerprint density at radius 3 is 2.96 bits per heavy atom. The van der Waals surface area contributed by atoms with Crippen LogP contribution in [0.2, 0.25) is 0 Å². The van der Waals surface area contributed by atoms with E-state index in [0.29, 0.717) is 30.5 Å². The van der Waals surface area contributed by atoms with Crippen LogP contribution in [0.5, 0.6) is 0 Å². The molecule has 0 bridgehead atoms. The highest BCUT2D eigenvalue weighted by Gasteiger charge is 2.22. The molecule has 0 atom stereocenters. The van der Waals surface area contributed by atoms with E-state index in [0.717, 1.165) is 29.6 Å². The first kappa shape index (κ1) is 16.9. The lowest BCUT2D eigenvalue weighted by Gasteiger charge is -2.25. The molecule has 1 saturated heterocycles. The maximum Gasteiger partial charge on any atom is 0.261 e. The molecule has 136 valence electrons. The molecule has 4 rings (SSSR count). The van der Waals surface area contributed by atoms with Crippen LogP contribution >= 0.6 is 11.3 Å². The molecule has 1 fully saturated rings. The molecule has 0 aromatic carbocycles. The lowest BCUT2D eigenvalue weighted by Crippen LogP contribution is -2.29. The van der Waals surface area contributed by atoms with Crippen molar-refractivity contribution >= 4 is 39.1 Å². The van der Waals surface area contributed by atoms with E-state index in [4.69, 9.17) is 4.74 Å². The Labute approximate surface area is 153 Å². The second kappa shape index (κ2) is 7.34. The van der Waals surface area contributed by atoms with Crippen molar-refractivity contribution in [1.82, 2.24) is 25.0 Å². The highest BCUT2D eigenvalue weighted by atomic mass is 32.1. The van der Waals surface area contributed by atoms with Gasteiger partial charge in [-0.2, -0.15) is 5.10 Å². The number of rotatable bonds is 5. The third-order valence-electron chi connectivity index (χ3n) is 4.36. The summed E-state index contributed by atoms with van der Waals surface area (Å²) in [6.07, 6.45) is 5.13. The fourth-order valence-corrected chi connectivity index (χ4v) is 3.46. The molecule has 0 spiro atoms. The van der Waals surface area contributed by atoms with Crippen LogP contribution in [0.15, 0.2) is 17.9 Å². The van der Waals surface area contributed by atoms with Gasteiger partial charge in [-0.25, -0.2) is 9.67 Å². The minimum atomic E-state index is -0.269. The number of carbonyl (C=O) groups excluding carboxylic acids is 1. The highest BCUT2D eigenvalue weighted by molar-refractivity contribution is 7.13. The number of carbonyl (C=O) groups is 1. The van der Waals surface area contributed by atoms with Crippen LogP contribution in [0.25, 0.3) is 11.0 Å². The van der Waals surface area contributed by atoms with E-state index in [9.17, 15) is 4.79 Å². The van der Waals surface area contributed by atoms with Gasteiger partial charge in [0, 0.05) is 32.0 Å². The maximum absolute atomic E-state index is 12.8. The quantitative estimate of drug-likeness (QED) is 0.705. The van der Waals surface area contributed by atoms with E-state index in [2.05, 4.69) is 30.9 Å². The molecule has 0 saturated carbocycles. The predicted molar refractivity (Wildman–Crippen MR) is 98.5 cm³/mol. The van der Waals surface area contributed by atoms with Crippen molar-refractivity contribution in [3.63, 3.8) is 0 Å². The number of anilines is 2. The second-order valence-corrected chi connectivity index (χ2v) is 6.81. The van der Waals surface area contributed by atoms with Crippen molar-refractivity contribution in [2.75, 3.05) is 23.8 Å². The second-order valence-electron chi connectivity index (χ2n) is 5.97. The third kappa shape index (κ3) is 3.25. The minimum absolute atomic E-state index is 0.243. The number of pyridine rings is 1. The van der Waals surface area contributed by atoms with Crippen LogP contribution in [0, 0.1) is 0 Å². The van der Waals surface area contributed by atoms with Gasteiger partial charge < -0.3 is 10.1 Å². The Hall–Kier alpha value is -2.59. The number of aromatic nitrogens is 5. The predicted octanol–water partition coefficient (Wildman–Crippen LogP) is 2.15. The SMILES string of the molecule is CCn1ncc2c(NC3CCOCC3)c(C(=O)Nc3nncs3)cnc21. The third-order valence-corrected chi connectivity index (χ3v) is 4.97. The molecule has 3 aromatic rings. The van der Waals surface area contributed by atoms with Gasteiger partial charge in [0.05, 0.1) is 22.8 Å². The Morgan fingerprint density at radius 2 is 2.23 bits per heavy atom. The van der Waals surface area contributed by atoms with Gasteiger partial charge in [-0.3, -0.25) is 10.1 Å². The topological polar surface area (TPSA) is 107 Å². The zero-order valence-corrected chi connectivity index (χ0v) is 15.1. The van der Waals surface area contributed by atoms with Gasteiger partial charge in [0.25, 0.3) is 5.91 Å². The summed E-state index contributed by atoms with van der Waals surface area (Å²) in [5, 5.41) is 19.6. The molecule has 26 heavy (non-hydrogen) atoms. The molecule has 4 heterocycles. The summed E-state index contributed by atoms with van der Waals surface area (Å²) in [5.41, 5.74) is 3.55. The average molecular weight is 373 g/mol. The van der Waals surface area contributed by atoms with Crippen LogP contribution in [-0.4, -0.2) is 50.1 Å². The Balaban J connectivity index is 1.72. The number of nitrogens with zero attached hydrogens (tertiary/aromatic N) is 5. The van der Waals surface area contributed by atoms with Crippen molar-refractivity contribution in [2.45, 2.75) is 32.4 Å². The van der Waals surface area contributed by atoms with Crippen molar-refractivity contribution in [3.8, 4) is 0 Å². The number of hydrogen-bond acceptors (Lipinski definition) is 8. The summed E-state index contributed by atoms with van der Waals surface area (Å²) >= 11 is 1.27. The largest absolute Gasteiger partial charge is 0.381 e. The molecule has 10 heteroatoms. The van der Waals surface area contributed by atoms with E-state index >= 15 is 0 Å². The number of ether oxygens (including phenoxy) is 1. The Bertz CT molecular complexity index is 903. The van der Waals surface area contributed by atoms with E-state index in [-0.39, 0.29) is 11.9 Å². The summed E-state index contributed by atoms with van der Waals surface area (Å²) in [6.45, 7) is 4.15. The average Bonchev–Trinajstić information content (AvgIpc) is 3.32. The van der Waals surface area contributed by atoms with Gasteiger partial charge in [-0.15, -0.1) is 10.2 Å². The zero-order chi connectivity index (χ0) is 17.9. The fourth-order valence-electron chi connectivity index (χ4n) is 3.02. The molecule has 0 radical (unpaired) electrons. The lowest BCUT2D eigenvalue weighted by atomic mass is 10.1. The molecule has 0 unspecified atom stereocenters. The molecule has 9 nitrogen and oxygen atoms in total. The fraction of sp³-hybridized carbons (Fsp3) is 0.438. The number of nitrogens with one attached hydrogen (secondary N) is 2. The first-order valence-corrected chi connectivity index (χ1v) is 9.40. The number of aryl methyl sites for hydroxylation is 1. The van der Waals surface area contributed by atoms with Gasteiger partial charge in [0.1, 0.15) is 5.51 Å². The van der Waals surface area contributed by atoms with Crippen molar-refractivity contribution in [3.05, 3.63) is 23.5 Å². The first-order chi connectivity index (χ1) is 12.8. The van der Waals surface area contributed by atoms with Gasteiger partial charge in [0.2, 0.25) is 5.13 Å².